The normalized spacial score (nSPS) is 15.3. The van der Waals surface area contributed by atoms with Crippen LogP contribution >= 0.6 is 0 Å². The Kier molecular flexibility index (Phi) is 9.54. The van der Waals surface area contributed by atoms with Gasteiger partial charge in [0.05, 0.1) is 18.3 Å². The number of nitrogens with zero attached hydrogens (tertiary/aromatic N) is 2. The van der Waals surface area contributed by atoms with Gasteiger partial charge in [0, 0.05) is 32.4 Å². The molecule has 0 spiro atoms. The number of ether oxygens (including phenoxy) is 3. The van der Waals surface area contributed by atoms with Gasteiger partial charge < -0.3 is 29.4 Å². The number of carbonyl (C=O) groups is 3. The first-order valence-electron chi connectivity index (χ1n) is 13.8. The highest BCUT2D eigenvalue weighted by atomic mass is 16.6. The van der Waals surface area contributed by atoms with E-state index in [1.165, 1.54) is 0 Å². The van der Waals surface area contributed by atoms with Crippen molar-refractivity contribution in [2.45, 2.75) is 52.5 Å². The van der Waals surface area contributed by atoms with Crippen molar-refractivity contribution in [1.29, 1.82) is 0 Å². The highest BCUT2D eigenvalue weighted by molar-refractivity contribution is 5.93. The minimum Gasteiger partial charge on any atom is -0.461 e. The van der Waals surface area contributed by atoms with Crippen LogP contribution in [0, 0.1) is 0 Å². The standard InChI is InChI=1S/C31H38N4O6/c1-5-39-28(36)27-25(15-16-32-27)33-19-23-13-9-10-14-24(23)26-20-34(29(37)41-31(2,3)4)17-18-35(26)30(38)40-21-22-11-7-6-8-12-22/h6-16,26,32-33H,5,17-21H2,1-4H3. The number of aromatic amines is 1. The molecule has 2 aromatic carbocycles. The lowest BCUT2D eigenvalue weighted by Gasteiger charge is -2.41. The second kappa shape index (κ2) is 13.3. The Morgan fingerprint density at radius 1 is 0.951 bits per heavy atom. The molecular formula is C31H38N4O6. The topological polar surface area (TPSA) is 113 Å². The number of rotatable bonds is 8. The van der Waals surface area contributed by atoms with Crippen molar-refractivity contribution < 1.29 is 28.6 Å². The number of H-pyrrole nitrogens is 1. The van der Waals surface area contributed by atoms with Crippen molar-refractivity contribution in [3.05, 3.63) is 89.2 Å². The van der Waals surface area contributed by atoms with Crippen molar-refractivity contribution in [2.75, 3.05) is 31.6 Å². The maximum Gasteiger partial charge on any atom is 0.410 e. The summed E-state index contributed by atoms with van der Waals surface area (Å²) < 4.78 is 16.5. The van der Waals surface area contributed by atoms with E-state index in [2.05, 4.69) is 10.3 Å². The summed E-state index contributed by atoms with van der Waals surface area (Å²) in [4.78, 5) is 45.0. The average molecular weight is 563 g/mol. The highest BCUT2D eigenvalue weighted by Gasteiger charge is 2.37. The number of anilines is 1. The molecule has 1 unspecified atom stereocenters. The summed E-state index contributed by atoms with van der Waals surface area (Å²) in [6, 6.07) is 18.5. The lowest BCUT2D eigenvalue weighted by molar-refractivity contribution is 0.000716. The van der Waals surface area contributed by atoms with Gasteiger partial charge in [0.1, 0.15) is 17.9 Å². The SMILES string of the molecule is CCOC(=O)c1[nH]ccc1NCc1ccccc1C1CN(C(=O)OC(C)(C)C)CCN1C(=O)OCc1ccccc1. The zero-order valence-electron chi connectivity index (χ0n) is 24.0. The quantitative estimate of drug-likeness (QED) is 0.266. The number of amides is 2. The molecule has 0 saturated carbocycles. The maximum absolute atomic E-state index is 13.4. The molecule has 10 heteroatoms. The van der Waals surface area contributed by atoms with Crippen LogP contribution in [0.2, 0.25) is 0 Å². The van der Waals surface area contributed by atoms with Gasteiger partial charge in [-0.1, -0.05) is 54.6 Å². The molecule has 1 saturated heterocycles. The van der Waals surface area contributed by atoms with Crippen LogP contribution < -0.4 is 5.32 Å². The van der Waals surface area contributed by atoms with Gasteiger partial charge in [0.2, 0.25) is 0 Å². The number of esters is 1. The molecule has 0 aliphatic carbocycles. The monoisotopic (exact) mass is 562 g/mol. The average Bonchev–Trinajstić information content (AvgIpc) is 3.43. The molecule has 1 fully saturated rings. The summed E-state index contributed by atoms with van der Waals surface area (Å²) in [7, 11) is 0. The van der Waals surface area contributed by atoms with Crippen LogP contribution in [0.25, 0.3) is 0 Å². The van der Waals surface area contributed by atoms with Crippen molar-refractivity contribution >= 4 is 23.8 Å². The fraction of sp³-hybridized carbons (Fsp3) is 0.387. The van der Waals surface area contributed by atoms with Gasteiger partial charge in [-0.3, -0.25) is 4.90 Å². The molecule has 4 rings (SSSR count). The molecule has 1 aliphatic heterocycles. The molecule has 0 radical (unpaired) electrons. The van der Waals surface area contributed by atoms with Crippen LogP contribution in [0.3, 0.4) is 0 Å². The van der Waals surface area contributed by atoms with Gasteiger partial charge >= 0.3 is 18.2 Å². The Hall–Kier alpha value is -4.47. The van der Waals surface area contributed by atoms with Crippen molar-refractivity contribution in [2.24, 2.45) is 0 Å². The van der Waals surface area contributed by atoms with Crippen molar-refractivity contribution in [1.82, 2.24) is 14.8 Å². The fourth-order valence-corrected chi connectivity index (χ4v) is 4.66. The van der Waals surface area contributed by atoms with Gasteiger partial charge in [0.15, 0.2) is 0 Å². The number of benzene rings is 2. The highest BCUT2D eigenvalue weighted by Crippen LogP contribution is 2.31. The van der Waals surface area contributed by atoms with Crippen LogP contribution in [-0.2, 0) is 27.4 Å². The summed E-state index contributed by atoms with van der Waals surface area (Å²) in [6.45, 7) is 8.86. The van der Waals surface area contributed by atoms with E-state index in [0.717, 1.165) is 16.7 Å². The summed E-state index contributed by atoms with van der Waals surface area (Å²) >= 11 is 0. The second-order valence-electron chi connectivity index (χ2n) is 10.7. The smallest absolute Gasteiger partial charge is 0.410 e. The molecule has 1 atom stereocenters. The lowest BCUT2D eigenvalue weighted by Crippen LogP contribution is -2.53. The molecular weight excluding hydrogens is 524 g/mol. The summed E-state index contributed by atoms with van der Waals surface area (Å²) in [5.74, 6) is -0.444. The third-order valence-electron chi connectivity index (χ3n) is 6.58. The molecule has 218 valence electrons. The number of carbonyl (C=O) groups excluding carboxylic acids is 3. The Bertz CT molecular complexity index is 1330. The number of nitrogens with one attached hydrogen (secondary N) is 2. The fourth-order valence-electron chi connectivity index (χ4n) is 4.66. The molecule has 1 aromatic heterocycles. The minimum absolute atomic E-state index is 0.145. The summed E-state index contributed by atoms with van der Waals surface area (Å²) in [5, 5.41) is 3.31. The van der Waals surface area contributed by atoms with E-state index in [9.17, 15) is 14.4 Å². The molecule has 2 amide bonds. The first-order chi connectivity index (χ1) is 19.7. The Morgan fingerprint density at radius 2 is 1.68 bits per heavy atom. The third-order valence-corrected chi connectivity index (χ3v) is 6.58. The molecule has 41 heavy (non-hydrogen) atoms. The van der Waals surface area contributed by atoms with Crippen molar-refractivity contribution in [3.63, 3.8) is 0 Å². The Morgan fingerprint density at radius 3 is 2.41 bits per heavy atom. The molecule has 1 aliphatic rings. The zero-order chi connectivity index (χ0) is 29.4. The van der Waals surface area contributed by atoms with Crippen LogP contribution in [0.4, 0.5) is 15.3 Å². The van der Waals surface area contributed by atoms with E-state index in [-0.39, 0.29) is 26.3 Å². The zero-order valence-corrected chi connectivity index (χ0v) is 24.0. The van der Waals surface area contributed by atoms with Gasteiger partial charge in [-0.25, -0.2) is 14.4 Å². The van der Waals surface area contributed by atoms with E-state index < -0.39 is 29.8 Å². The van der Waals surface area contributed by atoms with Gasteiger partial charge in [-0.15, -0.1) is 0 Å². The van der Waals surface area contributed by atoms with Crippen LogP contribution in [-0.4, -0.2) is 64.8 Å². The number of hydrogen-bond donors (Lipinski definition) is 2. The van der Waals surface area contributed by atoms with Crippen LogP contribution in [0.15, 0.2) is 66.9 Å². The Labute approximate surface area is 240 Å². The maximum atomic E-state index is 13.4. The number of piperazine rings is 1. The number of aromatic nitrogens is 1. The van der Waals surface area contributed by atoms with E-state index >= 15 is 0 Å². The third kappa shape index (κ3) is 7.81. The van der Waals surface area contributed by atoms with E-state index in [0.29, 0.717) is 24.5 Å². The van der Waals surface area contributed by atoms with E-state index in [1.54, 1.807) is 29.0 Å². The molecule has 3 aromatic rings. The van der Waals surface area contributed by atoms with Crippen molar-refractivity contribution in [3.8, 4) is 0 Å². The first kappa shape index (κ1) is 29.5. The van der Waals surface area contributed by atoms with E-state index in [4.69, 9.17) is 14.2 Å². The number of hydrogen-bond acceptors (Lipinski definition) is 7. The second-order valence-corrected chi connectivity index (χ2v) is 10.7. The molecule has 10 nitrogen and oxygen atoms in total. The van der Waals surface area contributed by atoms with Crippen LogP contribution in [0.1, 0.15) is 60.9 Å². The van der Waals surface area contributed by atoms with Gasteiger partial charge in [-0.2, -0.15) is 0 Å². The summed E-state index contributed by atoms with van der Waals surface area (Å²) in [6.07, 6.45) is 0.785. The van der Waals surface area contributed by atoms with Crippen LogP contribution in [0.5, 0.6) is 0 Å². The first-order valence-corrected chi connectivity index (χ1v) is 13.8. The minimum atomic E-state index is -0.645. The van der Waals surface area contributed by atoms with Gasteiger partial charge in [0.25, 0.3) is 0 Å². The largest absolute Gasteiger partial charge is 0.461 e. The molecule has 0 bridgehead atoms. The Balaban J connectivity index is 1.57. The summed E-state index contributed by atoms with van der Waals surface area (Å²) in [5.41, 5.74) is 2.95. The van der Waals surface area contributed by atoms with Gasteiger partial charge in [-0.05, 0) is 50.5 Å². The van der Waals surface area contributed by atoms with E-state index in [1.807, 2.05) is 75.4 Å². The predicted octanol–water partition coefficient (Wildman–Crippen LogP) is 5.73. The molecule has 2 heterocycles. The predicted molar refractivity (Wildman–Crippen MR) is 154 cm³/mol. The lowest BCUT2D eigenvalue weighted by atomic mass is 9.97. The molecule has 2 N–H and O–H groups in total.